The molecule has 0 amide bonds. The molecule has 1 aromatic carbocycles. The van der Waals surface area contributed by atoms with E-state index in [-0.39, 0.29) is 0 Å². The molecule has 0 radical (unpaired) electrons. The molecule has 0 bridgehead atoms. The van der Waals surface area contributed by atoms with Gasteiger partial charge >= 0.3 is 0 Å². The van der Waals surface area contributed by atoms with Crippen molar-refractivity contribution in [1.82, 2.24) is 14.8 Å². The first-order chi connectivity index (χ1) is 8.25. The van der Waals surface area contributed by atoms with Crippen LogP contribution in [0.1, 0.15) is 5.56 Å². The maximum absolute atomic E-state index is 6.19. The summed E-state index contributed by atoms with van der Waals surface area (Å²) in [5, 5.41) is 7.88. The minimum atomic E-state index is 0.646. The number of hydrogen-bond acceptors (Lipinski definition) is 3. The van der Waals surface area contributed by atoms with Gasteiger partial charge in [0.05, 0.1) is 5.70 Å². The monoisotopic (exact) mass is 244 g/mol. The van der Waals surface area contributed by atoms with Crippen molar-refractivity contribution in [2.24, 2.45) is 0 Å². The van der Waals surface area contributed by atoms with Gasteiger partial charge in [0, 0.05) is 16.3 Å². The number of halogens is 1. The van der Waals surface area contributed by atoms with Crippen molar-refractivity contribution < 1.29 is 0 Å². The van der Waals surface area contributed by atoms with Crippen LogP contribution in [0.15, 0.2) is 48.9 Å². The van der Waals surface area contributed by atoms with Crippen LogP contribution in [0.4, 0.5) is 5.95 Å². The summed E-state index contributed by atoms with van der Waals surface area (Å²) in [6.07, 6.45) is 3.38. The van der Waals surface area contributed by atoms with E-state index in [1.807, 2.05) is 30.3 Å². The number of allylic oxidation sites excluding steroid dienone is 1. The fourth-order valence-corrected chi connectivity index (χ4v) is 2.00. The molecule has 5 heteroatoms. The molecule has 0 spiro atoms. The van der Waals surface area contributed by atoms with Crippen molar-refractivity contribution in [3.63, 3.8) is 0 Å². The Kier molecular flexibility index (Phi) is 2.23. The van der Waals surface area contributed by atoms with E-state index in [2.05, 4.69) is 22.0 Å². The van der Waals surface area contributed by atoms with Crippen LogP contribution in [-0.4, -0.2) is 14.8 Å². The molecule has 0 fully saturated rings. The summed E-state index contributed by atoms with van der Waals surface area (Å²) in [6, 6.07) is 7.62. The average molecular weight is 245 g/mol. The van der Waals surface area contributed by atoms with Crippen LogP contribution in [0.2, 0.25) is 5.02 Å². The van der Waals surface area contributed by atoms with E-state index in [0.29, 0.717) is 11.0 Å². The zero-order valence-corrected chi connectivity index (χ0v) is 9.65. The number of nitrogens with zero attached hydrogens (tertiary/aromatic N) is 3. The van der Waals surface area contributed by atoms with Gasteiger partial charge in [-0.2, -0.15) is 14.8 Å². The Hall–Kier alpha value is -2.07. The van der Waals surface area contributed by atoms with Crippen LogP contribution < -0.4 is 5.32 Å². The van der Waals surface area contributed by atoms with Crippen molar-refractivity contribution in [1.29, 1.82) is 0 Å². The van der Waals surface area contributed by atoms with Gasteiger partial charge in [0.25, 0.3) is 0 Å². The Morgan fingerprint density at radius 2 is 2.12 bits per heavy atom. The average Bonchev–Trinajstić information content (AvgIpc) is 2.76. The number of anilines is 1. The third-order valence-corrected chi connectivity index (χ3v) is 2.84. The van der Waals surface area contributed by atoms with Crippen molar-refractivity contribution in [3.05, 3.63) is 59.5 Å². The lowest BCUT2D eigenvalue weighted by Gasteiger charge is -2.18. The zero-order chi connectivity index (χ0) is 11.8. The summed E-state index contributed by atoms with van der Waals surface area (Å²) in [6.45, 7) is 3.89. The van der Waals surface area contributed by atoms with Gasteiger partial charge < -0.3 is 5.32 Å². The minimum Gasteiger partial charge on any atom is -0.325 e. The summed E-state index contributed by atoms with van der Waals surface area (Å²) in [4.78, 5) is 4.11. The summed E-state index contributed by atoms with van der Waals surface area (Å²) >= 11 is 6.19. The fraction of sp³-hybridized carbons (Fsp3) is 0. The molecule has 1 N–H and O–H groups in total. The highest BCUT2D eigenvalue weighted by Gasteiger charge is 2.18. The van der Waals surface area contributed by atoms with Crippen LogP contribution in [0.5, 0.6) is 0 Å². The van der Waals surface area contributed by atoms with Crippen molar-refractivity contribution in [3.8, 4) is 0 Å². The van der Waals surface area contributed by atoms with Gasteiger partial charge in [-0.15, -0.1) is 0 Å². The standard InChI is InChI=1S/C12H9ClN4/c1-8-6-11(9-4-2-3-5-10(9)13)17-12(16-8)14-7-15-17/h2-7H,1H2,(H,14,15,16). The molecule has 3 rings (SSSR count). The van der Waals surface area contributed by atoms with E-state index < -0.39 is 0 Å². The van der Waals surface area contributed by atoms with Gasteiger partial charge in [-0.1, -0.05) is 36.4 Å². The van der Waals surface area contributed by atoms with Crippen LogP contribution in [0.3, 0.4) is 0 Å². The van der Waals surface area contributed by atoms with Gasteiger partial charge in [-0.05, 0) is 12.1 Å². The number of rotatable bonds is 1. The van der Waals surface area contributed by atoms with Crippen molar-refractivity contribution >= 4 is 23.2 Å². The van der Waals surface area contributed by atoms with E-state index in [9.17, 15) is 0 Å². The molecule has 84 valence electrons. The highest BCUT2D eigenvalue weighted by atomic mass is 35.5. The van der Waals surface area contributed by atoms with Crippen LogP contribution in [0, 0.1) is 0 Å². The third-order valence-electron chi connectivity index (χ3n) is 2.51. The van der Waals surface area contributed by atoms with Crippen molar-refractivity contribution in [2.75, 3.05) is 5.32 Å². The molecule has 4 nitrogen and oxygen atoms in total. The number of benzene rings is 1. The molecule has 0 saturated heterocycles. The van der Waals surface area contributed by atoms with Crippen molar-refractivity contribution in [2.45, 2.75) is 0 Å². The molecule has 0 aliphatic carbocycles. The topological polar surface area (TPSA) is 42.7 Å². The van der Waals surface area contributed by atoms with Crippen LogP contribution >= 0.6 is 11.6 Å². The number of aromatic nitrogens is 3. The molecule has 17 heavy (non-hydrogen) atoms. The molecule has 2 aromatic rings. The molecule has 1 aromatic heterocycles. The second kappa shape index (κ2) is 3.75. The first kappa shape index (κ1) is 10.1. The van der Waals surface area contributed by atoms with Gasteiger partial charge in [0.1, 0.15) is 6.33 Å². The van der Waals surface area contributed by atoms with E-state index in [1.54, 1.807) is 4.68 Å². The third kappa shape index (κ3) is 1.62. The highest BCUT2D eigenvalue weighted by molar-refractivity contribution is 6.32. The maximum Gasteiger partial charge on any atom is 0.230 e. The number of fused-ring (bicyclic) bond motifs is 1. The van der Waals surface area contributed by atoms with Crippen LogP contribution in [-0.2, 0) is 0 Å². The minimum absolute atomic E-state index is 0.646. The Morgan fingerprint density at radius 1 is 1.29 bits per heavy atom. The molecular weight excluding hydrogens is 236 g/mol. The molecule has 0 atom stereocenters. The highest BCUT2D eigenvalue weighted by Crippen LogP contribution is 2.29. The van der Waals surface area contributed by atoms with Gasteiger partial charge in [-0.25, -0.2) is 0 Å². The summed E-state index contributed by atoms with van der Waals surface area (Å²) in [7, 11) is 0. The molecule has 0 saturated carbocycles. The Balaban J connectivity index is 2.21. The fourth-order valence-electron chi connectivity index (χ4n) is 1.77. The molecule has 1 aliphatic heterocycles. The summed E-state index contributed by atoms with van der Waals surface area (Å²) in [5.74, 6) is 0.646. The van der Waals surface area contributed by atoms with Crippen LogP contribution in [0.25, 0.3) is 5.70 Å². The first-order valence-electron chi connectivity index (χ1n) is 5.08. The molecule has 2 heterocycles. The summed E-state index contributed by atoms with van der Waals surface area (Å²) < 4.78 is 1.70. The second-order valence-electron chi connectivity index (χ2n) is 3.66. The SMILES string of the molecule is C=C1C=C(c2ccccc2Cl)n2ncnc2N1. The van der Waals surface area contributed by atoms with Gasteiger partial charge in [-0.3, -0.25) is 0 Å². The number of hydrogen-bond donors (Lipinski definition) is 1. The normalized spacial score (nSPS) is 13.9. The Morgan fingerprint density at radius 3 is 2.94 bits per heavy atom. The van der Waals surface area contributed by atoms with E-state index in [1.165, 1.54) is 6.33 Å². The zero-order valence-electron chi connectivity index (χ0n) is 8.89. The van der Waals surface area contributed by atoms with E-state index >= 15 is 0 Å². The van der Waals surface area contributed by atoms with Gasteiger partial charge in [0.15, 0.2) is 0 Å². The first-order valence-corrected chi connectivity index (χ1v) is 5.46. The molecular formula is C12H9ClN4. The predicted molar refractivity (Wildman–Crippen MR) is 67.6 cm³/mol. The van der Waals surface area contributed by atoms with E-state index in [0.717, 1.165) is 17.0 Å². The lowest BCUT2D eigenvalue weighted by molar-refractivity contribution is 0.897. The Bertz CT molecular complexity index is 627. The smallest absolute Gasteiger partial charge is 0.230 e. The van der Waals surface area contributed by atoms with Gasteiger partial charge in [0.2, 0.25) is 5.95 Å². The second-order valence-corrected chi connectivity index (χ2v) is 4.06. The quantitative estimate of drug-likeness (QED) is 0.839. The lowest BCUT2D eigenvalue weighted by atomic mass is 10.1. The van der Waals surface area contributed by atoms with E-state index in [4.69, 9.17) is 11.6 Å². The summed E-state index contributed by atoms with van der Waals surface area (Å²) in [5.41, 5.74) is 2.54. The molecule has 0 unspecified atom stereocenters. The molecule has 1 aliphatic rings. The largest absolute Gasteiger partial charge is 0.325 e. The predicted octanol–water partition coefficient (Wildman–Crippen LogP) is 2.76. The Labute approximate surface area is 103 Å². The number of nitrogens with one attached hydrogen (secondary N) is 1. The maximum atomic E-state index is 6.19. The lowest BCUT2D eigenvalue weighted by Crippen LogP contribution is -2.14.